The van der Waals surface area contributed by atoms with Crippen LogP contribution in [0, 0.1) is 5.92 Å². The number of carboxylic acid groups (broad SMARTS) is 2. The number of carbonyl (C=O) groups is 2. The fourth-order valence-electron chi connectivity index (χ4n) is 2.19. The lowest BCUT2D eigenvalue weighted by Crippen LogP contribution is -2.25. The van der Waals surface area contributed by atoms with Crippen molar-refractivity contribution in [2.45, 2.75) is 6.42 Å². The molecule has 2 N–H and O–H groups in total. The van der Waals surface area contributed by atoms with Crippen molar-refractivity contribution in [1.82, 2.24) is 0 Å². The van der Waals surface area contributed by atoms with Crippen LogP contribution in [-0.2, 0) is 16.0 Å². The minimum atomic E-state index is -1.45. The molecule has 0 spiro atoms. The van der Waals surface area contributed by atoms with Crippen molar-refractivity contribution in [3.05, 3.63) is 42.0 Å². The molecule has 0 fully saturated rings. The van der Waals surface area contributed by atoms with E-state index >= 15 is 0 Å². The van der Waals surface area contributed by atoms with Gasteiger partial charge in [0.15, 0.2) is 5.92 Å². The van der Waals surface area contributed by atoms with Crippen LogP contribution in [0.2, 0.25) is 0 Å². The Labute approximate surface area is 115 Å². The van der Waals surface area contributed by atoms with Gasteiger partial charge in [0.05, 0.1) is 7.11 Å². The molecule has 0 heterocycles. The summed E-state index contributed by atoms with van der Waals surface area (Å²) in [6.45, 7) is 0. The van der Waals surface area contributed by atoms with Gasteiger partial charge < -0.3 is 14.9 Å². The maximum Gasteiger partial charge on any atom is 0.318 e. The Morgan fingerprint density at radius 3 is 2.20 bits per heavy atom. The molecule has 0 atom stereocenters. The van der Waals surface area contributed by atoms with E-state index in [0.717, 1.165) is 10.8 Å². The van der Waals surface area contributed by atoms with E-state index in [1.54, 1.807) is 19.2 Å². The maximum atomic E-state index is 11.0. The number of aliphatic carboxylic acids is 2. The first kappa shape index (κ1) is 13.9. The quantitative estimate of drug-likeness (QED) is 0.816. The van der Waals surface area contributed by atoms with Gasteiger partial charge in [-0.3, -0.25) is 9.59 Å². The molecule has 2 aromatic carbocycles. The Hall–Kier alpha value is -2.56. The van der Waals surface area contributed by atoms with Crippen LogP contribution in [-0.4, -0.2) is 29.3 Å². The zero-order valence-electron chi connectivity index (χ0n) is 10.9. The third-order valence-electron chi connectivity index (χ3n) is 3.21. The van der Waals surface area contributed by atoms with Crippen molar-refractivity contribution < 1.29 is 24.5 Å². The summed E-state index contributed by atoms with van der Waals surface area (Å²) in [5, 5.41) is 19.6. The van der Waals surface area contributed by atoms with E-state index < -0.39 is 17.9 Å². The predicted octanol–water partition coefficient (Wildman–Crippen LogP) is 2.18. The molecule has 0 bridgehead atoms. The number of methoxy groups -OCH3 is 1. The molecule has 0 aliphatic heterocycles. The molecule has 0 saturated heterocycles. The summed E-state index contributed by atoms with van der Waals surface area (Å²) >= 11 is 0. The molecular formula is C15H14O5. The third kappa shape index (κ3) is 2.56. The fourth-order valence-corrected chi connectivity index (χ4v) is 2.19. The van der Waals surface area contributed by atoms with E-state index in [0.29, 0.717) is 11.3 Å². The van der Waals surface area contributed by atoms with E-state index in [-0.39, 0.29) is 6.42 Å². The number of fused-ring (bicyclic) bond motifs is 1. The van der Waals surface area contributed by atoms with Crippen LogP contribution >= 0.6 is 0 Å². The van der Waals surface area contributed by atoms with Crippen LogP contribution in [0.15, 0.2) is 36.4 Å². The lowest BCUT2D eigenvalue weighted by Gasteiger charge is -2.12. The Morgan fingerprint density at radius 1 is 1.05 bits per heavy atom. The summed E-state index contributed by atoms with van der Waals surface area (Å²) in [5.41, 5.74) is 0.677. The number of carboxylic acids is 2. The van der Waals surface area contributed by atoms with E-state index in [1.807, 2.05) is 24.3 Å². The highest BCUT2D eigenvalue weighted by molar-refractivity contribution is 5.95. The monoisotopic (exact) mass is 274 g/mol. The summed E-state index contributed by atoms with van der Waals surface area (Å²) in [5.74, 6) is -3.45. The lowest BCUT2D eigenvalue weighted by molar-refractivity contribution is -0.154. The van der Waals surface area contributed by atoms with Gasteiger partial charge in [0, 0.05) is 5.39 Å². The van der Waals surface area contributed by atoms with Crippen LogP contribution in [0.1, 0.15) is 5.56 Å². The molecular weight excluding hydrogens is 260 g/mol. The molecule has 0 saturated carbocycles. The van der Waals surface area contributed by atoms with Crippen molar-refractivity contribution >= 4 is 22.7 Å². The van der Waals surface area contributed by atoms with Gasteiger partial charge in [-0.05, 0) is 23.4 Å². The van der Waals surface area contributed by atoms with Crippen molar-refractivity contribution in [2.24, 2.45) is 5.92 Å². The van der Waals surface area contributed by atoms with Crippen LogP contribution in [0.4, 0.5) is 0 Å². The van der Waals surface area contributed by atoms with Gasteiger partial charge in [-0.2, -0.15) is 0 Å². The number of hydrogen-bond donors (Lipinski definition) is 2. The van der Waals surface area contributed by atoms with Gasteiger partial charge in [0.2, 0.25) is 0 Å². The molecule has 0 aliphatic carbocycles. The molecule has 0 radical (unpaired) electrons. The largest absolute Gasteiger partial charge is 0.496 e. The number of benzene rings is 2. The third-order valence-corrected chi connectivity index (χ3v) is 3.21. The van der Waals surface area contributed by atoms with Crippen molar-refractivity contribution in [2.75, 3.05) is 7.11 Å². The van der Waals surface area contributed by atoms with Crippen molar-refractivity contribution in [3.8, 4) is 5.75 Å². The topological polar surface area (TPSA) is 83.8 Å². The second-order valence-electron chi connectivity index (χ2n) is 4.41. The van der Waals surface area contributed by atoms with Crippen LogP contribution < -0.4 is 4.74 Å². The average Bonchev–Trinajstić information content (AvgIpc) is 2.43. The van der Waals surface area contributed by atoms with Crippen molar-refractivity contribution in [1.29, 1.82) is 0 Å². The van der Waals surface area contributed by atoms with Crippen LogP contribution in [0.3, 0.4) is 0 Å². The van der Waals surface area contributed by atoms with E-state index in [4.69, 9.17) is 14.9 Å². The zero-order chi connectivity index (χ0) is 14.7. The first-order valence-electron chi connectivity index (χ1n) is 6.05. The molecule has 0 amide bonds. The normalized spacial score (nSPS) is 10.7. The number of rotatable bonds is 5. The molecule has 2 aromatic rings. The molecule has 104 valence electrons. The molecule has 0 aromatic heterocycles. The van der Waals surface area contributed by atoms with Gasteiger partial charge in [-0.15, -0.1) is 0 Å². The molecule has 0 unspecified atom stereocenters. The summed E-state index contributed by atoms with van der Waals surface area (Å²) in [6, 6.07) is 10.8. The van der Waals surface area contributed by atoms with Gasteiger partial charge in [0.25, 0.3) is 0 Å². The molecule has 5 nitrogen and oxygen atoms in total. The molecule has 2 rings (SSSR count). The van der Waals surface area contributed by atoms with E-state index in [1.165, 1.54) is 0 Å². The molecule has 20 heavy (non-hydrogen) atoms. The second-order valence-corrected chi connectivity index (χ2v) is 4.41. The first-order chi connectivity index (χ1) is 9.54. The summed E-state index contributed by atoms with van der Waals surface area (Å²) in [6.07, 6.45) is -0.0603. The predicted molar refractivity (Wildman–Crippen MR) is 73.0 cm³/mol. The molecule has 0 aliphatic rings. The SMILES string of the molecule is COc1ccc(CC(C(=O)O)C(=O)O)c2ccccc12. The summed E-state index contributed by atoms with van der Waals surface area (Å²) in [4.78, 5) is 22.0. The van der Waals surface area contributed by atoms with Crippen LogP contribution in [0.25, 0.3) is 10.8 Å². The fraction of sp³-hybridized carbons (Fsp3) is 0.200. The minimum absolute atomic E-state index is 0.0603. The highest BCUT2D eigenvalue weighted by atomic mass is 16.5. The number of hydrogen-bond acceptors (Lipinski definition) is 3. The van der Waals surface area contributed by atoms with E-state index in [9.17, 15) is 9.59 Å². The first-order valence-corrected chi connectivity index (χ1v) is 6.05. The maximum absolute atomic E-state index is 11.0. The van der Waals surface area contributed by atoms with Crippen molar-refractivity contribution in [3.63, 3.8) is 0 Å². The Kier molecular flexibility index (Phi) is 3.89. The Balaban J connectivity index is 2.50. The summed E-state index contributed by atoms with van der Waals surface area (Å²) in [7, 11) is 1.55. The number of ether oxygens (including phenoxy) is 1. The zero-order valence-corrected chi connectivity index (χ0v) is 10.9. The van der Waals surface area contributed by atoms with Gasteiger partial charge in [-0.1, -0.05) is 30.3 Å². The summed E-state index contributed by atoms with van der Waals surface area (Å²) < 4.78 is 5.25. The Morgan fingerprint density at radius 2 is 1.65 bits per heavy atom. The molecule has 5 heteroatoms. The Bertz CT molecular complexity index is 648. The lowest BCUT2D eigenvalue weighted by atomic mass is 9.94. The minimum Gasteiger partial charge on any atom is -0.496 e. The highest BCUT2D eigenvalue weighted by Gasteiger charge is 2.26. The average molecular weight is 274 g/mol. The van der Waals surface area contributed by atoms with Gasteiger partial charge >= 0.3 is 11.9 Å². The van der Waals surface area contributed by atoms with Gasteiger partial charge in [0.1, 0.15) is 5.75 Å². The van der Waals surface area contributed by atoms with Crippen LogP contribution in [0.5, 0.6) is 5.75 Å². The van der Waals surface area contributed by atoms with E-state index in [2.05, 4.69) is 0 Å². The highest BCUT2D eigenvalue weighted by Crippen LogP contribution is 2.29. The standard InChI is InChI=1S/C15H14O5/c1-20-13-7-6-9(8-12(14(16)17)15(18)19)10-4-2-3-5-11(10)13/h2-7,12H,8H2,1H3,(H,16,17)(H,18,19). The van der Waals surface area contributed by atoms with Gasteiger partial charge in [-0.25, -0.2) is 0 Å². The second kappa shape index (κ2) is 5.61. The smallest absolute Gasteiger partial charge is 0.318 e.